The summed E-state index contributed by atoms with van der Waals surface area (Å²) in [5.74, 6) is -1.57. The van der Waals surface area contributed by atoms with Gasteiger partial charge in [0.2, 0.25) is 0 Å². The molecule has 28 heavy (non-hydrogen) atoms. The number of ether oxygens (including phenoxy) is 1. The van der Waals surface area contributed by atoms with Gasteiger partial charge in [-0.05, 0) is 12.8 Å². The lowest BCUT2D eigenvalue weighted by atomic mass is 9.91. The Kier molecular flexibility index (Phi) is 13.8. The van der Waals surface area contributed by atoms with Crippen molar-refractivity contribution in [3.8, 4) is 0 Å². The Morgan fingerprint density at radius 1 is 0.929 bits per heavy atom. The van der Waals surface area contributed by atoms with Crippen molar-refractivity contribution in [1.82, 2.24) is 0 Å². The van der Waals surface area contributed by atoms with Crippen LogP contribution in [0.15, 0.2) is 0 Å². The molecule has 0 bridgehead atoms. The molecule has 0 amide bonds. The molecule has 0 aromatic carbocycles. The number of hydrogen-bond acceptors (Lipinski definition) is 5. The standard InChI is InChI=1S/C22H42O6/c1-2-3-4-5-6-7-8-9-10-11-12-13-14-17(22(26)27)15-18(23)21-20(25)19(24)16-28-21/h17-21,23-25H,2-16H2,1H3,(H,26,27). The van der Waals surface area contributed by atoms with E-state index in [9.17, 15) is 25.2 Å². The van der Waals surface area contributed by atoms with Crippen LogP contribution in [0, 0.1) is 5.92 Å². The van der Waals surface area contributed by atoms with Crippen LogP contribution in [0.5, 0.6) is 0 Å². The van der Waals surface area contributed by atoms with Crippen molar-refractivity contribution >= 4 is 5.97 Å². The van der Waals surface area contributed by atoms with E-state index in [0.717, 1.165) is 19.3 Å². The maximum absolute atomic E-state index is 11.5. The number of aliphatic carboxylic acids is 1. The van der Waals surface area contributed by atoms with Crippen LogP contribution in [0.2, 0.25) is 0 Å². The lowest BCUT2D eigenvalue weighted by molar-refractivity contribution is -0.144. The second-order valence-electron chi connectivity index (χ2n) is 8.37. The van der Waals surface area contributed by atoms with Gasteiger partial charge in [0, 0.05) is 0 Å². The van der Waals surface area contributed by atoms with Gasteiger partial charge in [-0.3, -0.25) is 4.79 Å². The van der Waals surface area contributed by atoms with Gasteiger partial charge >= 0.3 is 5.97 Å². The van der Waals surface area contributed by atoms with E-state index >= 15 is 0 Å². The predicted molar refractivity (Wildman–Crippen MR) is 109 cm³/mol. The molecule has 0 aromatic rings. The number of unbranched alkanes of at least 4 members (excludes halogenated alkanes) is 11. The minimum atomic E-state index is -1.16. The summed E-state index contributed by atoms with van der Waals surface area (Å²) in [7, 11) is 0. The van der Waals surface area contributed by atoms with Gasteiger partial charge in [0.25, 0.3) is 0 Å². The van der Waals surface area contributed by atoms with E-state index in [0.29, 0.717) is 6.42 Å². The molecule has 1 heterocycles. The molecule has 1 rings (SSSR count). The molecule has 0 saturated carbocycles. The summed E-state index contributed by atoms with van der Waals surface area (Å²) in [6.45, 7) is 2.21. The SMILES string of the molecule is CCCCCCCCCCCCCCC(CC(O)C1OCC(O)C1O)C(=O)O. The molecular formula is C22H42O6. The fourth-order valence-electron chi connectivity index (χ4n) is 3.96. The van der Waals surface area contributed by atoms with Crippen LogP contribution in [-0.2, 0) is 9.53 Å². The topological polar surface area (TPSA) is 107 Å². The Balaban J connectivity index is 2.07. The monoisotopic (exact) mass is 402 g/mol. The highest BCUT2D eigenvalue weighted by Gasteiger charge is 2.40. The van der Waals surface area contributed by atoms with Gasteiger partial charge < -0.3 is 25.2 Å². The molecule has 5 unspecified atom stereocenters. The smallest absolute Gasteiger partial charge is 0.306 e. The summed E-state index contributed by atoms with van der Waals surface area (Å²) < 4.78 is 5.19. The van der Waals surface area contributed by atoms with E-state index in [4.69, 9.17) is 4.74 Å². The minimum absolute atomic E-state index is 0.0284. The Hall–Kier alpha value is -0.690. The highest BCUT2D eigenvalue weighted by molar-refractivity contribution is 5.69. The van der Waals surface area contributed by atoms with E-state index in [-0.39, 0.29) is 13.0 Å². The molecule has 1 saturated heterocycles. The molecule has 4 N–H and O–H groups in total. The van der Waals surface area contributed by atoms with Crippen LogP contribution < -0.4 is 0 Å². The van der Waals surface area contributed by atoms with E-state index in [1.807, 2.05) is 0 Å². The maximum atomic E-state index is 11.5. The van der Waals surface area contributed by atoms with Gasteiger partial charge in [-0.25, -0.2) is 0 Å². The largest absolute Gasteiger partial charge is 0.481 e. The first kappa shape index (κ1) is 25.3. The van der Waals surface area contributed by atoms with E-state index < -0.39 is 36.3 Å². The first-order chi connectivity index (χ1) is 13.5. The molecule has 166 valence electrons. The average Bonchev–Trinajstić information content (AvgIpc) is 3.00. The van der Waals surface area contributed by atoms with Gasteiger partial charge in [0.15, 0.2) is 0 Å². The summed E-state index contributed by atoms with van der Waals surface area (Å²) in [4.78, 5) is 11.5. The lowest BCUT2D eigenvalue weighted by Crippen LogP contribution is -2.40. The predicted octanol–water partition coefficient (Wildman–Crippen LogP) is 3.65. The van der Waals surface area contributed by atoms with Crippen molar-refractivity contribution in [2.24, 2.45) is 5.92 Å². The van der Waals surface area contributed by atoms with Crippen molar-refractivity contribution in [1.29, 1.82) is 0 Å². The molecular weight excluding hydrogens is 360 g/mol. The van der Waals surface area contributed by atoms with E-state index in [2.05, 4.69) is 6.92 Å². The second kappa shape index (κ2) is 15.2. The Bertz CT molecular complexity index is 402. The molecule has 1 fully saturated rings. The number of aliphatic hydroxyl groups excluding tert-OH is 3. The third-order valence-electron chi connectivity index (χ3n) is 5.85. The Morgan fingerprint density at radius 2 is 1.43 bits per heavy atom. The fourth-order valence-corrected chi connectivity index (χ4v) is 3.96. The summed E-state index contributed by atoms with van der Waals surface area (Å²) in [6.07, 6.45) is 11.2. The van der Waals surface area contributed by atoms with Crippen molar-refractivity contribution in [3.63, 3.8) is 0 Å². The molecule has 5 atom stereocenters. The van der Waals surface area contributed by atoms with Gasteiger partial charge in [-0.15, -0.1) is 0 Å². The van der Waals surface area contributed by atoms with Gasteiger partial charge in [-0.2, -0.15) is 0 Å². The molecule has 0 spiro atoms. The lowest BCUT2D eigenvalue weighted by Gasteiger charge is -2.23. The van der Waals surface area contributed by atoms with Crippen molar-refractivity contribution < 1.29 is 30.0 Å². The van der Waals surface area contributed by atoms with Crippen molar-refractivity contribution in [2.45, 2.75) is 121 Å². The summed E-state index contributed by atoms with van der Waals surface area (Å²) in [5.41, 5.74) is 0. The Labute approximate surface area is 170 Å². The molecule has 1 aliphatic rings. The number of rotatable bonds is 17. The minimum Gasteiger partial charge on any atom is -0.481 e. The first-order valence-corrected chi connectivity index (χ1v) is 11.4. The van der Waals surface area contributed by atoms with Crippen molar-refractivity contribution in [3.05, 3.63) is 0 Å². The van der Waals surface area contributed by atoms with Crippen LogP contribution in [0.25, 0.3) is 0 Å². The number of carboxylic acid groups (broad SMARTS) is 1. The second-order valence-corrected chi connectivity index (χ2v) is 8.37. The molecule has 1 aliphatic heterocycles. The highest BCUT2D eigenvalue weighted by Crippen LogP contribution is 2.24. The van der Waals surface area contributed by atoms with Crippen LogP contribution in [0.3, 0.4) is 0 Å². The zero-order valence-corrected chi connectivity index (χ0v) is 17.6. The van der Waals surface area contributed by atoms with Crippen molar-refractivity contribution in [2.75, 3.05) is 6.61 Å². The van der Waals surface area contributed by atoms with Crippen LogP contribution in [0.1, 0.15) is 96.8 Å². The van der Waals surface area contributed by atoms with Crippen LogP contribution in [0.4, 0.5) is 0 Å². The first-order valence-electron chi connectivity index (χ1n) is 11.4. The molecule has 0 radical (unpaired) electrons. The third-order valence-corrected chi connectivity index (χ3v) is 5.85. The Morgan fingerprint density at radius 3 is 1.86 bits per heavy atom. The normalized spacial score (nSPS) is 24.4. The number of carbonyl (C=O) groups is 1. The molecule has 6 heteroatoms. The highest BCUT2D eigenvalue weighted by atomic mass is 16.5. The average molecular weight is 403 g/mol. The van der Waals surface area contributed by atoms with Crippen LogP contribution >= 0.6 is 0 Å². The quantitative estimate of drug-likeness (QED) is 0.277. The number of carboxylic acids is 1. The maximum Gasteiger partial charge on any atom is 0.306 e. The summed E-state index contributed by atoms with van der Waals surface area (Å²) in [6, 6.07) is 0. The molecule has 0 aromatic heterocycles. The van der Waals surface area contributed by atoms with Crippen LogP contribution in [-0.4, -0.2) is 57.4 Å². The van der Waals surface area contributed by atoms with Gasteiger partial charge in [0.1, 0.15) is 18.3 Å². The fraction of sp³-hybridized carbons (Fsp3) is 0.955. The molecule has 0 aliphatic carbocycles. The third kappa shape index (κ3) is 10.2. The van der Waals surface area contributed by atoms with E-state index in [1.165, 1.54) is 57.8 Å². The zero-order chi connectivity index (χ0) is 20.8. The molecule has 6 nitrogen and oxygen atoms in total. The zero-order valence-electron chi connectivity index (χ0n) is 17.6. The summed E-state index contributed by atoms with van der Waals surface area (Å²) in [5, 5.41) is 38.9. The number of hydrogen-bond donors (Lipinski definition) is 4. The van der Waals surface area contributed by atoms with E-state index in [1.54, 1.807) is 0 Å². The number of aliphatic hydroxyl groups is 3. The summed E-state index contributed by atoms with van der Waals surface area (Å²) >= 11 is 0. The van der Waals surface area contributed by atoms with Gasteiger partial charge in [0.05, 0.1) is 18.6 Å². The van der Waals surface area contributed by atoms with Gasteiger partial charge in [-0.1, -0.05) is 84.0 Å².